The molecule has 0 spiro atoms. The predicted molar refractivity (Wildman–Crippen MR) is 120 cm³/mol. The maximum absolute atomic E-state index is 13.9. The first-order valence-electron chi connectivity index (χ1n) is 10.1. The monoisotopic (exact) mass is 451 g/mol. The van der Waals surface area contributed by atoms with Crippen molar-refractivity contribution in [3.63, 3.8) is 0 Å². The number of hydrogen-bond acceptors (Lipinski definition) is 3. The number of para-hydroxylation sites is 1. The number of amides is 3. The average Bonchev–Trinajstić information content (AvgIpc) is 3.25. The Bertz CT molecular complexity index is 1280. The minimum atomic E-state index is -1.18. The molecular formula is C24H19ClFN3O3. The van der Waals surface area contributed by atoms with Crippen molar-refractivity contribution in [1.29, 1.82) is 0 Å². The van der Waals surface area contributed by atoms with Gasteiger partial charge in [0.15, 0.2) is 0 Å². The maximum Gasteiger partial charge on any atom is 0.326 e. The fourth-order valence-corrected chi connectivity index (χ4v) is 4.67. The summed E-state index contributed by atoms with van der Waals surface area (Å²) in [5.41, 5.74) is 1.78. The molecule has 0 aliphatic carbocycles. The molecule has 3 N–H and O–H groups in total. The summed E-state index contributed by atoms with van der Waals surface area (Å²) in [7, 11) is 0. The van der Waals surface area contributed by atoms with E-state index in [0.717, 1.165) is 0 Å². The Balaban J connectivity index is 1.53. The van der Waals surface area contributed by atoms with Gasteiger partial charge in [-0.25, -0.2) is 9.18 Å². The summed E-state index contributed by atoms with van der Waals surface area (Å²) < 4.78 is 13.9. The summed E-state index contributed by atoms with van der Waals surface area (Å²) in [6.45, 7) is 1.74. The number of anilines is 2. The Kier molecular flexibility index (Phi) is 4.69. The number of carbonyl (C=O) groups is 2. The van der Waals surface area contributed by atoms with Crippen LogP contribution in [0.5, 0.6) is 0 Å². The molecule has 3 amide bonds. The van der Waals surface area contributed by atoms with Crippen LogP contribution in [0.15, 0.2) is 60.7 Å². The molecule has 3 aromatic carbocycles. The van der Waals surface area contributed by atoms with Crippen molar-refractivity contribution in [2.45, 2.75) is 18.6 Å². The molecule has 0 fully saturated rings. The van der Waals surface area contributed by atoms with Crippen molar-refractivity contribution >= 4 is 34.9 Å². The van der Waals surface area contributed by atoms with Crippen molar-refractivity contribution in [3.8, 4) is 0 Å². The van der Waals surface area contributed by atoms with Gasteiger partial charge in [0.05, 0.1) is 18.3 Å². The Morgan fingerprint density at radius 2 is 2.00 bits per heavy atom. The maximum atomic E-state index is 13.9. The fraction of sp³-hybridized carbons (Fsp3) is 0.167. The van der Waals surface area contributed by atoms with Crippen molar-refractivity contribution in [2.24, 2.45) is 0 Å². The molecule has 2 aliphatic rings. The molecule has 162 valence electrons. The number of β-amino-alcohol motifs (C(OH)–C–C–N with tert-alkyl or cyclic N) is 1. The van der Waals surface area contributed by atoms with Gasteiger partial charge in [-0.1, -0.05) is 35.9 Å². The molecule has 32 heavy (non-hydrogen) atoms. The van der Waals surface area contributed by atoms with Crippen LogP contribution in [0.3, 0.4) is 0 Å². The summed E-state index contributed by atoms with van der Waals surface area (Å²) in [6, 6.07) is 14.9. The lowest BCUT2D eigenvalue weighted by Gasteiger charge is -2.22. The van der Waals surface area contributed by atoms with E-state index in [-0.39, 0.29) is 12.5 Å². The number of aliphatic hydroxyl groups is 1. The molecular weight excluding hydrogens is 433 g/mol. The van der Waals surface area contributed by atoms with Crippen LogP contribution in [-0.4, -0.2) is 23.6 Å². The molecule has 0 aromatic heterocycles. The summed E-state index contributed by atoms with van der Waals surface area (Å²) in [4.78, 5) is 27.3. The molecule has 0 saturated carbocycles. The highest BCUT2D eigenvalue weighted by atomic mass is 35.5. The molecule has 0 bridgehead atoms. The molecule has 2 atom stereocenters. The van der Waals surface area contributed by atoms with Crippen molar-refractivity contribution in [3.05, 3.63) is 93.8 Å². The Hall–Kier alpha value is -3.42. The molecule has 5 rings (SSSR count). The first-order chi connectivity index (χ1) is 15.3. The second kappa shape index (κ2) is 7.32. The second-order valence-corrected chi connectivity index (χ2v) is 8.55. The quantitative estimate of drug-likeness (QED) is 0.533. The van der Waals surface area contributed by atoms with E-state index >= 15 is 0 Å². The SMILES string of the molecule is C[C@]1(O)CN(C(=O)Nc2cccc3c2[C@@H](c2cc(F)ccc2Cl)NC3=O)c2ccccc21. The van der Waals surface area contributed by atoms with Crippen LogP contribution in [0.1, 0.15) is 40.0 Å². The average molecular weight is 452 g/mol. The number of nitrogens with zero attached hydrogens (tertiary/aromatic N) is 1. The third-order valence-corrected chi connectivity index (χ3v) is 6.26. The van der Waals surface area contributed by atoms with Gasteiger partial charge < -0.3 is 15.7 Å². The third kappa shape index (κ3) is 3.21. The van der Waals surface area contributed by atoms with Crippen LogP contribution in [-0.2, 0) is 5.60 Å². The normalized spacial score (nSPS) is 21.2. The molecule has 2 heterocycles. The number of urea groups is 1. The molecule has 3 aromatic rings. The van der Waals surface area contributed by atoms with Crippen LogP contribution in [0.4, 0.5) is 20.6 Å². The molecule has 2 aliphatic heterocycles. The highest BCUT2D eigenvalue weighted by molar-refractivity contribution is 6.31. The topological polar surface area (TPSA) is 81.7 Å². The highest BCUT2D eigenvalue weighted by Crippen LogP contribution is 2.41. The van der Waals surface area contributed by atoms with Gasteiger partial charge in [-0.05, 0) is 43.3 Å². The smallest absolute Gasteiger partial charge is 0.326 e. The number of hydrogen-bond donors (Lipinski definition) is 3. The van der Waals surface area contributed by atoms with Gasteiger partial charge in [0.1, 0.15) is 11.4 Å². The van der Waals surface area contributed by atoms with E-state index in [4.69, 9.17) is 11.6 Å². The molecule has 8 heteroatoms. The first kappa shape index (κ1) is 20.5. The number of fused-ring (bicyclic) bond motifs is 2. The van der Waals surface area contributed by atoms with Gasteiger partial charge in [0, 0.05) is 33.0 Å². The Morgan fingerprint density at radius 3 is 2.81 bits per heavy atom. The van der Waals surface area contributed by atoms with Crippen LogP contribution in [0, 0.1) is 5.82 Å². The fourth-order valence-electron chi connectivity index (χ4n) is 4.44. The number of carbonyl (C=O) groups excluding carboxylic acids is 2. The number of rotatable bonds is 2. The first-order valence-corrected chi connectivity index (χ1v) is 10.4. The standard InChI is InChI=1S/C24H19ClFN3O3/c1-24(32)12-29(19-8-3-2-6-16(19)24)23(31)27-18-7-4-5-14-20(18)21(28-22(14)30)15-11-13(26)9-10-17(15)25/h2-11,21,32H,12H2,1H3,(H,27,31)(H,28,30)/t21-,24+/m1/s1. The van der Waals surface area contributed by atoms with Gasteiger partial charge in [-0.2, -0.15) is 0 Å². The molecule has 0 radical (unpaired) electrons. The number of benzene rings is 3. The lowest BCUT2D eigenvalue weighted by molar-refractivity contribution is 0.0757. The van der Waals surface area contributed by atoms with E-state index < -0.39 is 23.5 Å². The lowest BCUT2D eigenvalue weighted by Crippen LogP contribution is -2.38. The van der Waals surface area contributed by atoms with Crippen LogP contribution in [0.25, 0.3) is 0 Å². The zero-order chi connectivity index (χ0) is 22.6. The Morgan fingerprint density at radius 1 is 1.22 bits per heavy atom. The largest absolute Gasteiger partial charge is 0.383 e. The van der Waals surface area contributed by atoms with E-state index in [1.54, 1.807) is 43.3 Å². The van der Waals surface area contributed by atoms with E-state index in [9.17, 15) is 19.1 Å². The van der Waals surface area contributed by atoms with Gasteiger partial charge in [-0.15, -0.1) is 0 Å². The zero-order valence-corrected chi connectivity index (χ0v) is 17.8. The van der Waals surface area contributed by atoms with Gasteiger partial charge >= 0.3 is 6.03 Å². The van der Waals surface area contributed by atoms with E-state index in [1.165, 1.54) is 23.1 Å². The van der Waals surface area contributed by atoms with Crippen molar-refractivity contribution in [1.82, 2.24) is 5.32 Å². The van der Waals surface area contributed by atoms with Gasteiger partial charge in [-0.3, -0.25) is 9.69 Å². The Labute approximate surface area is 188 Å². The summed E-state index contributed by atoms with van der Waals surface area (Å²) in [6.07, 6.45) is 0. The molecule has 6 nitrogen and oxygen atoms in total. The summed E-state index contributed by atoms with van der Waals surface area (Å²) >= 11 is 6.30. The second-order valence-electron chi connectivity index (χ2n) is 8.15. The minimum absolute atomic E-state index is 0.0868. The van der Waals surface area contributed by atoms with Gasteiger partial charge in [0.25, 0.3) is 5.91 Å². The molecule has 0 saturated heterocycles. The van der Waals surface area contributed by atoms with Crippen molar-refractivity contribution in [2.75, 3.05) is 16.8 Å². The number of nitrogens with one attached hydrogen (secondary N) is 2. The van der Waals surface area contributed by atoms with Crippen molar-refractivity contribution < 1.29 is 19.1 Å². The third-order valence-electron chi connectivity index (χ3n) is 5.91. The molecule has 0 unspecified atom stereocenters. The van der Waals surface area contributed by atoms with Crippen LogP contribution >= 0.6 is 11.6 Å². The van der Waals surface area contributed by atoms with Crippen LogP contribution < -0.4 is 15.5 Å². The summed E-state index contributed by atoms with van der Waals surface area (Å²) in [5.74, 6) is -0.819. The summed E-state index contributed by atoms with van der Waals surface area (Å²) in [5, 5.41) is 16.7. The minimum Gasteiger partial charge on any atom is -0.383 e. The lowest BCUT2D eigenvalue weighted by atomic mass is 9.96. The van der Waals surface area contributed by atoms with E-state index in [0.29, 0.717) is 38.7 Å². The number of halogens is 2. The predicted octanol–water partition coefficient (Wildman–Crippen LogP) is 4.57. The van der Waals surface area contributed by atoms with E-state index in [2.05, 4.69) is 10.6 Å². The zero-order valence-electron chi connectivity index (χ0n) is 17.0. The van der Waals surface area contributed by atoms with E-state index in [1.807, 2.05) is 6.07 Å². The highest BCUT2D eigenvalue weighted by Gasteiger charge is 2.40. The van der Waals surface area contributed by atoms with Crippen LogP contribution in [0.2, 0.25) is 5.02 Å². The van der Waals surface area contributed by atoms with Gasteiger partial charge in [0.2, 0.25) is 0 Å².